The summed E-state index contributed by atoms with van der Waals surface area (Å²) in [5.41, 5.74) is 0.0493. The van der Waals surface area contributed by atoms with Crippen molar-refractivity contribution in [3.63, 3.8) is 0 Å². The summed E-state index contributed by atoms with van der Waals surface area (Å²) in [4.78, 5) is 0. The first-order chi connectivity index (χ1) is 8.34. The van der Waals surface area contributed by atoms with Crippen molar-refractivity contribution in [3.8, 4) is 0 Å². The first kappa shape index (κ1) is 15.7. The molecule has 0 spiro atoms. The maximum atomic E-state index is 12.5. The van der Waals surface area contributed by atoms with Crippen LogP contribution in [0.4, 0.5) is 18.9 Å². The standard InChI is InChI=1S/C12H15BrF3NS/c1-8(5-6-18-2)17-11-4-3-9(7-10(11)13)12(14,15)16/h3-4,7-8,17H,5-6H2,1-2H3. The Hall–Kier alpha value is -0.360. The van der Waals surface area contributed by atoms with Crippen LogP contribution >= 0.6 is 27.7 Å². The molecular weight excluding hydrogens is 327 g/mol. The van der Waals surface area contributed by atoms with Gasteiger partial charge < -0.3 is 5.32 Å². The summed E-state index contributed by atoms with van der Waals surface area (Å²) in [5.74, 6) is 1.02. The molecule has 0 aliphatic rings. The maximum Gasteiger partial charge on any atom is 0.416 e. The average molecular weight is 342 g/mol. The molecule has 0 saturated carbocycles. The van der Waals surface area contributed by atoms with Crippen molar-refractivity contribution in [1.29, 1.82) is 0 Å². The van der Waals surface area contributed by atoms with Crippen LogP contribution < -0.4 is 5.32 Å². The normalized spacial score (nSPS) is 13.4. The van der Waals surface area contributed by atoms with Gasteiger partial charge in [0, 0.05) is 16.2 Å². The molecule has 1 aromatic rings. The Labute approximate surface area is 118 Å². The van der Waals surface area contributed by atoms with Gasteiger partial charge in [-0.15, -0.1) is 0 Å². The number of nitrogens with one attached hydrogen (secondary N) is 1. The maximum absolute atomic E-state index is 12.5. The van der Waals surface area contributed by atoms with Crippen molar-refractivity contribution in [2.75, 3.05) is 17.3 Å². The third kappa shape index (κ3) is 4.72. The number of hydrogen-bond acceptors (Lipinski definition) is 2. The van der Waals surface area contributed by atoms with Gasteiger partial charge in [-0.3, -0.25) is 0 Å². The van der Waals surface area contributed by atoms with E-state index < -0.39 is 11.7 Å². The zero-order valence-electron chi connectivity index (χ0n) is 10.1. The molecule has 0 bridgehead atoms. The summed E-state index contributed by atoms with van der Waals surface area (Å²) >= 11 is 4.92. The third-order valence-corrected chi connectivity index (χ3v) is 3.75. The topological polar surface area (TPSA) is 12.0 Å². The lowest BCUT2D eigenvalue weighted by Crippen LogP contribution is -2.16. The average Bonchev–Trinajstić information content (AvgIpc) is 2.27. The van der Waals surface area contributed by atoms with Crippen molar-refractivity contribution in [3.05, 3.63) is 28.2 Å². The van der Waals surface area contributed by atoms with E-state index >= 15 is 0 Å². The number of alkyl halides is 3. The molecule has 6 heteroatoms. The van der Waals surface area contributed by atoms with E-state index in [2.05, 4.69) is 21.2 Å². The summed E-state index contributed by atoms with van der Waals surface area (Å²) in [6.07, 6.45) is -1.30. The van der Waals surface area contributed by atoms with Crippen LogP contribution in [0.5, 0.6) is 0 Å². The van der Waals surface area contributed by atoms with E-state index in [4.69, 9.17) is 0 Å². The lowest BCUT2D eigenvalue weighted by molar-refractivity contribution is -0.137. The van der Waals surface area contributed by atoms with Gasteiger partial charge in [-0.05, 0) is 59.5 Å². The van der Waals surface area contributed by atoms with Crippen LogP contribution in [0.1, 0.15) is 18.9 Å². The summed E-state index contributed by atoms with van der Waals surface area (Å²) in [5, 5.41) is 3.20. The highest BCUT2D eigenvalue weighted by molar-refractivity contribution is 9.10. The fourth-order valence-electron chi connectivity index (χ4n) is 1.44. The SMILES string of the molecule is CSCCC(C)Nc1ccc(C(F)(F)F)cc1Br. The van der Waals surface area contributed by atoms with Gasteiger partial charge in [-0.2, -0.15) is 24.9 Å². The second-order valence-electron chi connectivity index (χ2n) is 4.02. The molecule has 1 nitrogen and oxygen atoms in total. The molecule has 102 valence electrons. The zero-order chi connectivity index (χ0) is 13.8. The minimum Gasteiger partial charge on any atom is -0.382 e. The van der Waals surface area contributed by atoms with Gasteiger partial charge in [0.1, 0.15) is 0 Å². The number of hydrogen-bond donors (Lipinski definition) is 1. The van der Waals surface area contributed by atoms with Crippen LogP contribution in [0, 0.1) is 0 Å². The molecule has 1 rings (SSSR count). The van der Waals surface area contributed by atoms with Crippen LogP contribution in [0.3, 0.4) is 0 Å². The molecule has 0 saturated heterocycles. The number of thioether (sulfide) groups is 1. The number of halogens is 4. The number of anilines is 1. The van der Waals surface area contributed by atoms with Gasteiger partial charge in [-0.1, -0.05) is 0 Å². The van der Waals surface area contributed by atoms with Gasteiger partial charge >= 0.3 is 6.18 Å². The fraction of sp³-hybridized carbons (Fsp3) is 0.500. The molecule has 1 atom stereocenters. The Bertz CT molecular complexity index is 395. The van der Waals surface area contributed by atoms with E-state index in [0.717, 1.165) is 24.3 Å². The Morgan fingerprint density at radius 3 is 2.56 bits per heavy atom. The Kier molecular flexibility index (Phi) is 5.85. The van der Waals surface area contributed by atoms with Crippen molar-refractivity contribution in [2.24, 2.45) is 0 Å². The largest absolute Gasteiger partial charge is 0.416 e. The summed E-state index contributed by atoms with van der Waals surface area (Å²) in [6.45, 7) is 2.01. The van der Waals surface area contributed by atoms with Crippen LogP contribution in [0.2, 0.25) is 0 Å². The fourth-order valence-corrected chi connectivity index (χ4v) is 2.52. The molecule has 18 heavy (non-hydrogen) atoms. The Balaban J connectivity index is 2.74. The van der Waals surface area contributed by atoms with Crippen LogP contribution in [0.25, 0.3) is 0 Å². The predicted molar refractivity (Wildman–Crippen MR) is 75.2 cm³/mol. The number of rotatable bonds is 5. The van der Waals surface area contributed by atoms with Crippen LogP contribution in [0.15, 0.2) is 22.7 Å². The summed E-state index contributed by atoms with van der Waals surface area (Å²) in [6, 6.07) is 3.88. The molecule has 0 heterocycles. The van der Waals surface area contributed by atoms with Gasteiger partial charge in [-0.25, -0.2) is 0 Å². The van der Waals surface area contributed by atoms with Crippen molar-refractivity contribution >= 4 is 33.4 Å². The minimum absolute atomic E-state index is 0.227. The van der Waals surface area contributed by atoms with Gasteiger partial charge in [0.2, 0.25) is 0 Å². The van der Waals surface area contributed by atoms with Gasteiger partial charge in [0.25, 0.3) is 0 Å². The van der Waals surface area contributed by atoms with E-state index in [1.54, 1.807) is 11.8 Å². The molecule has 0 fully saturated rings. The quantitative estimate of drug-likeness (QED) is 0.806. The van der Waals surface area contributed by atoms with Crippen molar-refractivity contribution < 1.29 is 13.2 Å². The van der Waals surface area contributed by atoms with Gasteiger partial charge in [0.05, 0.1) is 5.56 Å². The molecule has 1 aromatic carbocycles. The second-order valence-corrected chi connectivity index (χ2v) is 5.86. The molecule has 1 N–H and O–H groups in total. The second kappa shape index (κ2) is 6.70. The van der Waals surface area contributed by atoms with E-state index in [1.807, 2.05) is 13.2 Å². The summed E-state index contributed by atoms with van der Waals surface area (Å²) < 4.78 is 37.9. The molecular formula is C12H15BrF3NS. The monoisotopic (exact) mass is 341 g/mol. The summed E-state index contributed by atoms with van der Waals surface area (Å²) in [7, 11) is 0. The van der Waals surface area contributed by atoms with E-state index in [-0.39, 0.29) is 6.04 Å². The predicted octanol–water partition coefficient (Wildman–Crippen LogP) is 5.02. The lowest BCUT2D eigenvalue weighted by Gasteiger charge is -2.17. The lowest BCUT2D eigenvalue weighted by atomic mass is 10.2. The minimum atomic E-state index is -4.30. The van der Waals surface area contributed by atoms with Crippen LogP contribution in [-0.4, -0.2) is 18.1 Å². The highest BCUT2D eigenvalue weighted by Gasteiger charge is 2.30. The molecule has 1 unspecified atom stereocenters. The first-order valence-corrected chi connectivity index (χ1v) is 7.65. The smallest absolute Gasteiger partial charge is 0.382 e. The van der Waals surface area contributed by atoms with E-state index in [0.29, 0.717) is 10.2 Å². The highest BCUT2D eigenvalue weighted by atomic mass is 79.9. The van der Waals surface area contributed by atoms with Crippen LogP contribution in [-0.2, 0) is 6.18 Å². The van der Waals surface area contributed by atoms with E-state index in [1.165, 1.54) is 6.07 Å². The highest BCUT2D eigenvalue weighted by Crippen LogP contribution is 2.34. The van der Waals surface area contributed by atoms with Gasteiger partial charge in [0.15, 0.2) is 0 Å². The first-order valence-electron chi connectivity index (χ1n) is 5.47. The van der Waals surface area contributed by atoms with Crippen molar-refractivity contribution in [1.82, 2.24) is 0 Å². The van der Waals surface area contributed by atoms with E-state index in [9.17, 15) is 13.2 Å². The zero-order valence-corrected chi connectivity index (χ0v) is 12.5. The Morgan fingerprint density at radius 1 is 1.39 bits per heavy atom. The molecule has 0 aliphatic carbocycles. The number of benzene rings is 1. The third-order valence-electron chi connectivity index (χ3n) is 2.45. The Morgan fingerprint density at radius 2 is 2.06 bits per heavy atom. The van der Waals surface area contributed by atoms with Crippen molar-refractivity contribution in [2.45, 2.75) is 25.6 Å². The molecule has 0 radical (unpaired) electrons. The molecule has 0 aliphatic heterocycles. The molecule has 0 amide bonds. The molecule has 0 aromatic heterocycles.